The minimum atomic E-state index is -1.10. The van der Waals surface area contributed by atoms with Crippen LogP contribution in [0, 0.1) is 58.3 Å². The molecule has 1 fully saturated rings. The Hall–Kier alpha value is -0.382. The van der Waals surface area contributed by atoms with E-state index in [0.29, 0.717) is 5.92 Å². The van der Waals surface area contributed by atoms with Gasteiger partial charge in [-0.25, -0.2) is 0 Å². The van der Waals surface area contributed by atoms with Gasteiger partial charge in [0.2, 0.25) is 5.91 Å². The summed E-state index contributed by atoms with van der Waals surface area (Å²) in [5.74, 6) is 0.243. The average Bonchev–Trinajstić information content (AvgIpc) is 2.90. The Kier molecular flexibility index (Phi) is 26.5. The molecule has 270 valence electrons. The van der Waals surface area contributed by atoms with Crippen LogP contribution in [0.4, 0.5) is 0 Å². The van der Waals surface area contributed by atoms with Crippen molar-refractivity contribution in [1.82, 2.24) is 5.32 Å². The Bertz CT molecular complexity index is 850. The summed E-state index contributed by atoms with van der Waals surface area (Å²) in [6, 6.07) is 0. The van der Waals surface area contributed by atoms with Crippen LogP contribution in [0.3, 0.4) is 0 Å². The molecule has 10 nitrogen and oxygen atoms in total. The number of hydrogen-bond donors (Lipinski definition) is 1. The third-order valence-corrected chi connectivity index (χ3v) is 7.06. The van der Waals surface area contributed by atoms with Crippen molar-refractivity contribution in [2.75, 3.05) is 39.6 Å². The molecule has 46 heavy (non-hydrogen) atoms. The molecule has 0 unspecified atom stereocenters. The van der Waals surface area contributed by atoms with Gasteiger partial charge >= 0.3 is 0 Å². The van der Waals surface area contributed by atoms with E-state index in [9.17, 15) is 19.2 Å². The molecule has 0 aromatic heterocycles. The number of Topliss-reactive ketones (excluding diaryl/α,β-unsaturated/α-hetero) is 3. The van der Waals surface area contributed by atoms with E-state index >= 15 is 0 Å². The Morgan fingerprint density at radius 3 is 1.67 bits per heavy atom. The quantitative estimate of drug-likeness (QED) is 0.0900. The molecule has 11 heteroatoms. The minimum absolute atomic E-state index is 0. The van der Waals surface area contributed by atoms with Crippen LogP contribution in [-0.2, 0) is 42.9 Å². The maximum absolute atomic E-state index is 13.4. The molecule has 0 radical (unpaired) electrons. The van der Waals surface area contributed by atoms with E-state index in [0.717, 1.165) is 25.4 Å². The zero-order valence-electron chi connectivity index (χ0n) is 30.6. The van der Waals surface area contributed by atoms with Crippen LogP contribution in [0.25, 0.3) is 0 Å². The predicted molar refractivity (Wildman–Crippen MR) is 176 cm³/mol. The molecular formula is C35H64NO9Sm-. The molecule has 1 rings (SSSR count). The van der Waals surface area contributed by atoms with Crippen LogP contribution in [0.5, 0.6) is 0 Å². The number of rotatable bonds is 25. The molecule has 1 N–H and O–H groups in total. The third kappa shape index (κ3) is 23.1. The number of ketones is 3. The van der Waals surface area contributed by atoms with Crippen molar-refractivity contribution in [3.63, 3.8) is 0 Å². The van der Waals surface area contributed by atoms with Gasteiger partial charge in [-0.05, 0) is 40.5 Å². The Labute approximate surface area is 312 Å². The number of nitrogens with one attached hydrogen (secondary N) is 1. The number of amides is 1. The maximum atomic E-state index is 13.4. The van der Waals surface area contributed by atoms with E-state index in [-0.39, 0.29) is 147 Å². The topological polar surface area (TPSA) is 126 Å². The molecule has 0 aliphatic heterocycles. The first kappa shape index (κ1) is 47.7. The maximum Gasteiger partial charge on any atom is 0.223 e. The second kappa shape index (κ2) is 25.6. The van der Waals surface area contributed by atoms with Crippen LogP contribution < -0.4 is 5.32 Å². The van der Waals surface area contributed by atoms with Crippen LogP contribution in [0.2, 0.25) is 0 Å². The Morgan fingerprint density at radius 2 is 1.26 bits per heavy atom. The van der Waals surface area contributed by atoms with E-state index in [1.54, 1.807) is 0 Å². The van der Waals surface area contributed by atoms with Gasteiger partial charge in [-0.3, -0.25) is 19.2 Å². The number of carbonyl (C=O) groups is 4. The molecule has 1 amide bonds. The summed E-state index contributed by atoms with van der Waals surface area (Å²) in [4.78, 5) is 48.4. The summed E-state index contributed by atoms with van der Waals surface area (Å²) in [5.41, 5.74) is -1.83. The Morgan fingerprint density at radius 1 is 0.804 bits per heavy atom. The fourth-order valence-corrected chi connectivity index (χ4v) is 4.77. The van der Waals surface area contributed by atoms with Gasteiger partial charge in [0.1, 0.15) is 22.9 Å². The molecule has 0 heterocycles. The van der Waals surface area contributed by atoms with Crippen LogP contribution in [0.1, 0.15) is 121 Å². The van der Waals surface area contributed by atoms with Crippen molar-refractivity contribution in [2.45, 2.75) is 144 Å². The predicted octanol–water partition coefficient (Wildman–Crippen LogP) is 5.82. The first-order valence-electron chi connectivity index (χ1n) is 16.7. The summed E-state index contributed by atoms with van der Waals surface area (Å²) in [5, 5.41) is 3.06. The minimum Gasteiger partial charge on any atom is -0.547 e. The fourth-order valence-electron chi connectivity index (χ4n) is 4.77. The van der Waals surface area contributed by atoms with E-state index in [2.05, 4.69) is 19.2 Å². The van der Waals surface area contributed by atoms with Gasteiger partial charge in [-0.2, -0.15) is 19.4 Å². The van der Waals surface area contributed by atoms with Crippen molar-refractivity contribution in [1.29, 1.82) is 0 Å². The first-order valence-corrected chi connectivity index (χ1v) is 16.7. The van der Waals surface area contributed by atoms with Crippen molar-refractivity contribution in [3.8, 4) is 0 Å². The first-order chi connectivity index (χ1) is 21.0. The van der Waals surface area contributed by atoms with Crippen LogP contribution in [0.15, 0.2) is 0 Å². The van der Waals surface area contributed by atoms with Crippen molar-refractivity contribution in [2.24, 2.45) is 11.8 Å². The van der Waals surface area contributed by atoms with E-state index < -0.39 is 11.1 Å². The van der Waals surface area contributed by atoms with Crippen LogP contribution in [-0.4, -0.2) is 86.2 Å². The molecule has 0 saturated heterocycles. The molecule has 0 spiro atoms. The Balaban J connectivity index is 0. The largest absolute Gasteiger partial charge is 0.547 e. The van der Waals surface area contributed by atoms with Gasteiger partial charge in [-0.1, -0.05) is 47.5 Å². The van der Waals surface area contributed by atoms with Gasteiger partial charge in [0, 0.05) is 71.7 Å². The monoisotopic (exact) mass is 794 g/mol. The fraction of sp³-hybridized carbons (Fsp3) is 0.857. The molecule has 0 bridgehead atoms. The van der Waals surface area contributed by atoms with Crippen molar-refractivity contribution in [3.05, 3.63) is 6.10 Å². The zero-order valence-corrected chi connectivity index (χ0v) is 33.2. The van der Waals surface area contributed by atoms with Gasteiger partial charge in [0.15, 0.2) is 0 Å². The summed E-state index contributed by atoms with van der Waals surface area (Å²) in [6.07, 6.45) is 4.49. The second-order valence-corrected chi connectivity index (χ2v) is 13.4. The number of ether oxygens (including phenoxy) is 5. The molecule has 0 aromatic carbocycles. The average molecular weight is 793 g/mol. The molecule has 0 aromatic rings. The van der Waals surface area contributed by atoms with Gasteiger partial charge in [0.25, 0.3) is 0 Å². The number of carbonyl (C=O) groups excluding carboxylic acids is 4. The van der Waals surface area contributed by atoms with E-state index in [4.69, 9.17) is 23.7 Å². The third-order valence-electron chi connectivity index (χ3n) is 7.06. The molecular weight excluding hydrogens is 729 g/mol. The number of hydrogen-bond acceptors (Lipinski definition) is 9. The molecule has 1 aliphatic rings. The zero-order chi connectivity index (χ0) is 34.6. The summed E-state index contributed by atoms with van der Waals surface area (Å²) in [6.45, 7) is 21.4. The standard InChI is InChI=1S/C33H58NO9.C2H6.Sm/c1-23(2)16-27(7)42-28-17-29(18-28)43-32(8,9)19-31(38)34-33(20-39-13-10-25(5)35,21-40-14-11-26(6)36)22-41-15-12-30(37)24(3)4;1-2;/h23-24,28-29H,10-22H2,1-9H3,(H,34,38);1-2H3;/q-1;;. The van der Waals surface area contributed by atoms with Gasteiger partial charge in [0.05, 0.1) is 57.8 Å². The second-order valence-electron chi connectivity index (χ2n) is 13.4. The summed E-state index contributed by atoms with van der Waals surface area (Å²) >= 11 is 0. The van der Waals surface area contributed by atoms with Gasteiger partial charge < -0.3 is 29.0 Å². The van der Waals surface area contributed by atoms with Crippen LogP contribution >= 0.6 is 0 Å². The summed E-state index contributed by atoms with van der Waals surface area (Å²) < 4.78 is 29.9. The molecule has 0 atom stereocenters. The summed E-state index contributed by atoms with van der Waals surface area (Å²) in [7, 11) is 0. The smallest absolute Gasteiger partial charge is 0.223 e. The van der Waals surface area contributed by atoms with E-state index in [1.807, 2.05) is 48.5 Å². The van der Waals surface area contributed by atoms with Crippen molar-refractivity contribution >= 4 is 23.3 Å². The van der Waals surface area contributed by atoms with E-state index in [1.165, 1.54) is 13.8 Å². The molecule has 1 saturated carbocycles. The van der Waals surface area contributed by atoms with Gasteiger partial charge in [-0.15, -0.1) is 0 Å². The molecule has 1 aliphatic carbocycles. The normalized spacial score (nSPS) is 16.4. The SMILES string of the molecule is CC.CC(=O)CCOCC(COCCC(C)=O)(COCCC(=O)C(C)C)NC(=O)CC(C)(C)OC1CC(O[C-](C)CC(C)C)C1.[Sm]. The van der Waals surface area contributed by atoms with Crippen molar-refractivity contribution < 1.29 is 83.3 Å².